The number of carbonyl (C=O) groups excluding carboxylic acids is 3. The minimum atomic E-state index is -0.429. The topological polar surface area (TPSA) is 70.2 Å². The molecule has 2 aromatic rings. The van der Waals surface area contributed by atoms with Gasteiger partial charge in [0.1, 0.15) is 12.3 Å². The molecule has 0 radical (unpaired) electrons. The van der Waals surface area contributed by atoms with E-state index in [1.807, 2.05) is 48.5 Å². The third kappa shape index (κ3) is 4.93. The second-order valence-corrected chi connectivity index (χ2v) is 9.52. The van der Waals surface area contributed by atoms with Crippen LogP contribution in [0.2, 0.25) is 0 Å². The average Bonchev–Trinajstić information content (AvgIpc) is 3.07. The molecule has 0 N–H and O–H groups in total. The first-order valence-electron chi connectivity index (χ1n) is 10.1. The molecule has 0 aromatic heterocycles. The Hall–Kier alpha value is -2.53. The lowest BCUT2D eigenvalue weighted by molar-refractivity contribution is -0.136. The summed E-state index contributed by atoms with van der Waals surface area (Å²) in [6.45, 7) is 2.32. The van der Waals surface area contributed by atoms with Crippen LogP contribution < -0.4 is 9.64 Å². The van der Waals surface area contributed by atoms with Crippen molar-refractivity contribution in [2.45, 2.75) is 0 Å². The van der Waals surface area contributed by atoms with Crippen LogP contribution in [0.3, 0.4) is 0 Å². The summed E-state index contributed by atoms with van der Waals surface area (Å²) in [5.74, 6) is 0.108. The molecule has 3 amide bonds. The van der Waals surface area contributed by atoms with Crippen LogP contribution in [0.5, 0.6) is 5.75 Å². The van der Waals surface area contributed by atoms with Gasteiger partial charge < -0.3 is 14.5 Å². The third-order valence-corrected chi connectivity index (χ3v) is 7.14. The zero-order valence-corrected chi connectivity index (χ0v) is 20.5. The maximum Gasteiger partial charge on any atom is 0.294 e. The zero-order chi connectivity index (χ0) is 22.7. The van der Waals surface area contributed by atoms with E-state index in [9.17, 15) is 14.4 Å². The molecule has 2 aliphatic heterocycles. The molecule has 0 unspecified atom stereocenters. The first-order valence-corrected chi connectivity index (χ1v) is 12.0. The first-order chi connectivity index (χ1) is 15.5. The number of hydrogen-bond donors (Lipinski definition) is 0. The predicted octanol–water partition coefficient (Wildman–Crippen LogP) is 3.68. The van der Waals surface area contributed by atoms with E-state index < -0.39 is 11.1 Å². The number of amides is 3. The average molecular weight is 563 g/mol. The molecule has 4 rings (SSSR count). The second-order valence-electron chi connectivity index (χ2n) is 7.37. The molecular formula is C23H22IN3O4S. The molecule has 0 aliphatic carbocycles. The fourth-order valence-corrected chi connectivity index (χ4v) is 5.25. The summed E-state index contributed by atoms with van der Waals surface area (Å²) in [6, 6.07) is 15.6. The monoisotopic (exact) mass is 563 g/mol. The number of anilines is 1. The van der Waals surface area contributed by atoms with Gasteiger partial charge in [-0.05, 0) is 70.3 Å². The molecule has 0 atom stereocenters. The number of halogens is 1. The quantitative estimate of drug-likeness (QED) is 0.409. The summed E-state index contributed by atoms with van der Waals surface area (Å²) < 4.78 is 6.16. The Morgan fingerprint density at radius 3 is 2.47 bits per heavy atom. The first kappa shape index (κ1) is 22.7. The van der Waals surface area contributed by atoms with E-state index in [4.69, 9.17) is 4.74 Å². The molecule has 32 heavy (non-hydrogen) atoms. The summed E-state index contributed by atoms with van der Waals surface area (Å²) in [5.41, 5.74) is 1.92. The number of ether oxygens (including phenoxy) is 1. The van der Waals surface area contributed by atoms with Gasteiger partial charge in [0, 0.05) is 31.9 Å². The van der Waals surface area contributed by atoms with E-state index in [0.717, 1.165) is 37.2 Å². The van der Waals surface area contributed by atoms with E-state index in [0.29, 0.717) is 31.1 Å². The number of thioether (sulfide) groups is 1. The van der Waals surface area contributed by atoms with Crippen LogP contribution >= 0.6 is 34.4 Å². The van der Waals surface area contributed by atoms with Gasteiger partial charge in [-0.2, -0.15) is 0 Å². The summed E-state index contributed by atoms with van der Waals surface area (Å²) >= 11 is 3.02. The molecule has 2 saturated heterocycles. The van der Waals surface area contributed by atoms with Gasteiger partial charge >= 0.3 is 0 Å². The molecule has 9 heteroatoms. The van der Waals surface area contributed by atoms with Gasteiger partial charge in [-0.15, -0.1) is 0 Å². The Morgan fingerprint density at radius 1 is 1.09 bits per heavy atom. The predicted molar refractivity (Wildman–Crippen MR) is 134 cm³/mol. The van der Waals surface area contributed by atoms with Crippen molar-refractivity contribution in [3.05, 3.63) is 62.6 Å². The van der Waals surface area contributed by atoms with Crippen LogP contribution in [0.25, 0.3) is 6.08 Å². The maximum absolute atomic E-state index is 12.8. The molecule has 2 aliphatic rings. The molecule has 2 fully saturated rings. The normalized spacial score (nSPS) is 17.9. The second kappa shape index (κ2) is 9.95. The van der Waals surface area contributed by atoms with Gasteiger partial charge in [-0.25, -0.2) is 0 Å². The largest absolute Gasteiger partial charge is 0.496 e. The van der Waals surface area contributed by atoms with Crippen molar-refractivity contribution in [2.75, 3.05) is 44.7 Å². The number of hydrogen-bond acceptors (Lipinski definition) is 6. The SMILES string of the molecule is COc1ccc(/C=C2/SC(=O)N(CC(=O)N3CCN(c4ccccc4)CC3)C2=O)cc1I. The van der Waals surface area contributed by atoms with Crippen molar-refractivity contribution < 1.29 is 19.1 Å². The van der Waals surface area contributed by atoms with Gasteiger partial charge in [0.15, 0.2) is 0 Å². The minimum absolute atomic E-state index is 0.208. The lowest BCUT2D eigenvalue weighted by Crippen LogP contribution is -2.51. The highest BCUT2D eigenvalue weighted by Gasteiger charge is 2.37. The van der Waals surface area contributed by atoms with Gasteiger partial charge in [-0.3, -0.25) is 19.3 Å². The van der Waals surface area contributed by atoms with Crippen molar-refractivity contribution in [3.63, 3.8) is 0 Å². The van der Waals surface area contributed by atoms with Crippen molar-refractivity contribution in [2.24, 2.45) is 0 Å². The van der Waals surface area contributed by atoms with Crippen molar-refractivity contribution in [1.82, 2.24) is 9.80 Å². The fraction of sp³-hybridized carbons (Fsp3) is 0.261. The van der Waals surface area contributed by atoms with Crippen LogP contribution in [0, 0.1) is 3.57 Å². The number of piperazine rings is 1. The molecule has 2 aromatic carbocycles. The number of nitrogens with zero attached hydrogens (tertiary/aromatic N) is 3. The Balaban J connectivity index is 1.37. The van der Waals surface area contributed by atoms with E-state index in [-0.39, 0.29) is 12.5 Å². The van der Waals surface area contributed by atoms with Crippen molar-refractivity contribution in [3.8, 4) is 5.75 Å². The van der Waals surface area contributed by atoms with E-state index in [1.54, 1.807) is 18.1 Å². The Bertz CT molecular complexity index is 1070. The van der Waals surface area contributed by atoms with Gasteiger partial charge in [0.05, 0.1) is 15.6 Å². The van der Waals surface area contributed by atoms with E-state index >= 15 is 0 Å². The molecular weight excluding hydrogens is 541 g/mol. The Morgan fingerprint density at radius 2 is 1.81 bits per heavy atom. The Kier molecular flexibility index (Phi) is 7.04. The summed E-state index contributed by atoms with van der Waals surface area (Å²) in [6.07, 6.45) is 1.68. The van der Waals surface area contributed by atoms with Crippen LogP contribution in [-0.2, 0) is 9.59 Å². The fourth-order valence-electron chi connectivity index (χ4n) is 3.65. The molecule has 0 bridgehead atoms. The highest BCUT2D eigenvalue weighted by Crippen LogP contribution is 2.33. The summed E-state index contributed by atoms with van der Waals surface area (Å²) in [5, 5.41) is -0.416. The number of benzene rings is 2. The van der Waals surface area contributed by atoms with Crippen LogP contribution in [0.15, 0.2) is 53.4 Å². The molecule has 0 spiro atoms. The van der Waals surface area contributed by atoms with E-state index in [1.165, 1.54) is 0 Å². The van der Waals surface area contributed by atoms with Crippen molar-refractivity contribution >= 4 is 63.2 Å². The number of para-hydroxylation sites is 1. The van der Waals surface area contributed by atoms with Gasteiger partial charge in [0.2, 0.25) is 5.91 Å². The molecule has 2 heterocycles. The highest BCUT2D eigenvalue weighted by atomic mass is 127. The third-order valence-electron chi connectivity index (χ3n) is 5.39. The van der Waals surface area contributed by atoms with Gasteiger partial charge in [-0.1, -0.05) is 24.3 Å². The number of carbonyl (C=O) groups is 3. The number of imide groups is 1. The number of rotatable bonds is 5. The zero-order valence-electron chi connectivity index (χ0n) is 17.5. The molecule has 7 nitrogen and oxygen atoms in total. The van der Waals surface area contributed by atoms with Crippen LogP contribution in [0.1, 0.15) is 5.56 Å². The highest BCUT2D eigenvalue weighted by molar-refractivity contribution is 14.1. The standard InChI is InChI=1S/C23H22IN3O4S/c1-31-19-8-7-16(13-18(19)24)14-20-22(29)27(23(30)32-20)15-21(28)26-11-9-25(10-12-26)17-5-3-2-4-6-17/h2-8,13-14H,9-12,15H2,1H3/b20-14+. The smallest absolute Gasteiger partial charge is 0.294 e. The van der Waals surface area contributed by atoms with Gasteiger partial charge in [0.25, 0.3) is 11.1 Å². The van der Waals surface area contributed by atoms with Crippen molar-refractivity contribution in [1.29, 1.82) is 0 Å². The minimum Gasteiger partial charge on any atom is -0.496 e. The molecule has 0 saturated carbocycles. The summed E-state index contributed by atoms with van der Waals surface area (Å²) in [4.78, 5) is 43.3. The number of methoxy groups -OCH3 is 1. The van der Waals surface area contributed by atoms with Crippen LogP contribution in [-0.4, -0.2) is 66.7 Å². The molecule has 166 valence electrons. The maximum atomic E-state index is 12.8. The summed E-state index contributed by atoms with van der Waals surface area (Å²) in [7, 11) is 1.60. The van der Waals surface area contributed by atoms with E-state index in [2.05, 4.69) is 27.5 Å². The van der Waals surface area contributed by atoms with Crippen LogP contribution in [0.4, 0.5) is 10.5 Å². The lowest BCUT2D eigenvalue weighted by atomic mass is 10.2. The Labute approximate surface area is 204 Å². The lowest BCUT2D eigenvalue weighted by Gasteiger charge is -2.36.